The third-order valence-electron chi connectivity index (χ3n) is 2.14. The smallest absolute Gasteiger partial charge is 0.448 e. The maximum atomic E-state index is 12.1. The van der Waals surface area contributed by atoms with Crippen molar-refractivity contribution in [2.45, 2.75) is 18.6 Å². The van der Waals surface area contributed by atoms with Gasteiger partial charge in [-0.25, -0.2) is 0 Å². The zero-order valence-corrected chi connectivity index (χ0v) is 12.6. The Morgan fingerprint density at radius 2 is 2.07 bits per heavy atom. The van der Waals surface area contributed by atoms with Crippen LogP contribution in [-0.4, -0.2) is 42.4 Å². The molecule has 78 valence electrons. The summed E-state index contributed by atoms with van der Waals surface area (Å²) in [6, 6.07) is 0. The van der Waals surface area contributed by atoms with E-state index >= 15 is 0 Å². The van der Waals surface area contributed by atoms with E-state index in [1.54, 1.807) is 11.8 Å². The van der Waals surface area contributed by atoms with Crippen LogP contribution in [0, 0.1) is 0 Å². The van der Waals surface area contributed by atoms with Crippen LogP contribution in [0.2, 0.25) is 0 Å². The van der Waals surface area contributed by atoms with Gasteiger partial charge < -0.3 is 17.8 Å². The van der Waals surface area contributed by atoms with E-state index in [4.69, 9.17) is 0 Å². The molecule has 0 N–H and O–H groups in total. The van der Waals surface area contributed by atoms with Crippen molar-refractivity contribution < 1.29 is 64.3 Å². The normalized spacial score (nSPS) is 24.4. The summed E-state index contributed by atoms with van der Waals surface area (Å²) in [4.78, 5) is 1.53. The minimum atomic E-state index is -4.64. The maximum Gasteiger partial charge on any atom is 1.00 e. The molecule has 0 aromatic carbocycles. The van der Waals surface area contributed by atoms with Crippen molar-refractivity contribution in [1.82, 2.24) is 4.90 Å². The van der Waals surface area contributed by atoms with E-state index in [0.29, 0.717) is 18.3 Å². The average molecular weight is 251 g/mol. The fraction of sp³-hybridized carbons (Fsp3) is 1.00. The molecule has 1 aliphatic heterocycles. The van der Waals surface area contributed by atoms with E-state index < -0.39 is 13.4 Å². The van der Waals surface area contributed by atoms with Gasteiger partial charge in [-0.3, -0.25) is 0 Å². The molecular weight excluding hydrogens is 237 g/mol. The van der Waals surface area contributed by atoms with E-state index in [-0.39, 0.29) is 51.4 Å². The molecule has 0 aromatic heterocycles. The molecule has 1 atom stereocenters. The van der Waals surface area contributed by atoms with Gasteiger partial charge in [-0.05, 0) is 12.9 Å². The van der Waals surface area contributed by atoms with Crippen LogP contribution >= 0.6 is 11.8 Å². The summed E-state index contributed by atoms with van der Waals surface area (Å²) in [5, 5.41) is 0.395. The third-order valence-corrected chi connectivity index (χ3v) is 3.52. The predicted octanol–water partition coefficient (Wildman–Crippen LogP) is -0.796. The predicted molar refractivity (Wildman–Crippen MR) is 52.1 cm³/mol. The second kappa shape index (κ2) is 7.19. The second-order valence-corrected chi connectivity index (χ2v) is 4.78. The summed E-state index contributed by atoms with van der Waals surface area (Å²) >= 11 is 1.79. The first-order valence-electron chi connectivity index (χ1n) is 4.56. The minimum Gasteiger partial charge on any atom is -0.448 e. The van der Waals surface area contributed by atoms with E-state index in [1.165, 1.54) is 4.90 Å². The number of nitrogens with zero attached hydrogens (tertiary/aromatic N) is 1. The molecule has 0 bridgehead atoms. The Labute approximate surface area is 130 Å². The fourth-order valence-electron chi connectivity index (χ4n) is 1.49. The molecule has 0 saturated carbocycles. The molecule has 14 heavy (non-hydrogen) atoms. The molecule has 1 unspecified atom stereocenters. The van der Waals surface area contributed by atoms with Gasteiger partial charge in [0.05, 0.1) is 0 Å². The zero-order chi connectivity index (χ0) is 9.90. The van der Waals surface area contributed by atoms with Crippen LogP contribution in [0.4, 0.5) is 12.9 Å². The van der Waals surface area contributed by atoms with Crippen molar-refractivity contribution in [3.05, 3.63) is 0 Å². The largest absolute Gasteiger partial charge is 1.00 e. The Morgan fingerprint density at radius 3 is 2.57 bits per heavy atom. The maximum absolute atomic E-state index is 12.1. The Morgan fingerprint density at radius 1 is 1.43 bits per heavy atom. The van der Waals surface area contributed by atoms with Crippen LogP contribution in [0.15, 0.2) is 0 Å². The summed E-state index contributed by atoms with van der Waals surface area (Å²) in [6.45, 7) is -1.43. The van der Waals surface area contributed by atoms with E-state index in [9.17, 15) is 12.9 Å². The van der Waals surface area contributed by atoms with Crippen molar-refractivity contribution in [3.63, 3.8) is 0 Å². The minimum absolute atomic E-state index is 0. The Bertz CT molecular complexity index is 170. The molecule has 1 heterocycles. The van der Waals surface area contributed by atoms with Gasteiger partial charge in [-0.2, -0.15) is 11.8 Å². The molecule has 1 aliphatic rings. The average Bonchev–Trinajstić information content (AvgIpc) is 2.01. The molecule has 1 saturated heterocycles. The van der Waals surface area contributed by atoms with Crippen LogP contribution in [0.1, 0.15) is 13.3 Å². The van der Waals surface area contributed by atoms with Crippen LogP contribution in [0.25, 0.3) is 0 Å². The summed E-state index contributed by atoms with van der Waals surface area (Å²) < 4.78 is 36.3. The van der Waals surface area contributed by atoms with Gasteiger partial charge in [-0.15, -0.1) is 0 Å². The van der Waals surface area contributed by atoms with Crippen molar-refractivity contribution >= 4 is 18.7 Å². The number of thioether (sulfide) groups is 1. The van der Waals surface area contributed by atoms with Crippen LogP contribution in [0.5, 0.6) is 0 Å². The van der Waals surface area contributed by atoms with Crippen molar-refractivity contribution in [1.29, 1.82) is 0 Å². The molecule has 0 spiro atoms. The van der Waals surface area contributed by atoms with Crippen molar-refractivity contribution in [3.8, 4) is 0 Å². The van der Waals surface area contributed by atoms with Gasteiger partial charge in [-0.1, -0.05) is 6.92 Å². The molecule has 0 radical (unpaired) electrons. The van der Waals surface area contributed by atoms with E-state index in [1.807, 2.05) is 6.92 Å². The van der Waals surface area contributed by atoms with Crippen molar-refractivity contribution in [2.24, 2.45) is 0 Å². The molecule has 0 aromatic rings. The number of hydrogen-bond donors (Lipinski definition) is 0. The fourth-order valence-corrected chi connectivity index (χ4v) is 2.73. The number of halogens is 3. The first-order valence-corrected chi connectivity index (χ1v) is 5.61. The molecule has 1 fully saturated rings. The molecule has 1 rings (SSSR count). The van der Waals surface area contributed by atoms with Gasteiger partial charge in [0, 0.05) is 24.1 Å². The SMILES string of the molecule is CCC1CN(C[B-](F)(F)F)CCS1.[K+]. The van der Waals surface area contributed by atoms with Crippen LogP contribution in [0.3, 0.4) is 0 Å². The van der Waals surface area contributed by atoms with Crippen LogP contribution in [-0.2, 0) is 0 Å². The topological polar surface area (TPSA) is 3.24 Å². The second-order valence-electron chi connectivity index (χ2n) is 3.37. The van der Waals surface area contributed by atoms with Crippen molar-refractivity contribution in [2.75, 3.05) is 25.3 Å². The molecule has 0 amide bonds. The van der Waals surface area contributed by atoms with E-state index in [2.05, 4.69) is 0 Å². The molecular formula is C7H14BF3KNS. The Kier molecular flexibility index (Phi) is 8.12. The summed E-state index contributed by atoms with van der Waals surface area (Å²) in [6.07, 6.45) is 0.281. The van der Waals surface area contributed by atoms with Gasteiger partial charge in [0.1, 0.15) is 0 Å². The zero-order valence-electron chi connectivity index (χ0n) is 8.68. The van der Waals surface area contributed by atoms with E-state index in [0.717, 1.165) is 12.2 Å². The third kappa shape index (κ3) is 6.40. The van der Waals surface area contributed by atoms with Gasteiger partial charge >= 0.3 is 58.4 Å². The quantitative estimate of drug-likeness (QED) is 0.604. The monoisotopic (exact) mass is 251 g/mol. The summed E-state index contributed by atoms with van der Waals surface area (Å²) in [5.41, 5.74) is 0. The first-order chi connectivity index (χ1) is 6.01. The Hall–Kier alpha value is 1.80. The molecule has 1 nitrogen and oxygen atoms in total. The van der Waals surface area contributed by atoms with Gasteiger partial charge in [0.15, 0.2) is 0 Å². The number of rotatable bonds is 3. The molecule has 7 heteroatoms. The first kappa shape index (κ1) is 15.8. The van der Waals surface area contributed by atoms with Gasteiger partial charge in [0.25, 0.3) is 0 Å². The number of hydrogen-bond acceptors (Lipinski definition) is 2. The summed E-state index contributed by atoms with van der Waals surface area (Å²) in [7, 11) is 0. The Balaban J connectivity index is 0.00000169. The van der Waals surface area contributed by atoms with Crippen LogP contribution < -0.4 is 51.4 Å². The molecule has 0 aliphatic carbocycles. The van der Waals surface area contributed by atoms with Gasteiger partial charge in [0.2, 0.25) is 0 Å². The standard InChI is InChI=1S/C7H14BF3NS.K/c1-2-7-5-12(3-4-13-7)6-8(9,10)11;/h7H,2-6H2,1H3;/q-1;+1. The summed E-state index contributed by atoms with van der Waals surface area (Å²) in [5.74, 6) is 0.838.